The van der Waals surface area contributed by atoms with Gasteiger partial charge in [-0.2, -0.15) is 0 Å². The summed E-state index contributed by atoms with van der Waals surface area (Å²) in [5, 5.41) is 23.4. The lowest BCUT2D eigenvalue weighted by Crippen LogP contribution is -2.41. The maximum absolute atomic E-state index is 10.5. The van der Waals surface area contributed by atoms with Crippen LogP contribution in [0.2, 0.25) is 0 Å². The number of hydrogen-bond acceptors (Lipinski definition) is 5. The van der Waals surface area contributed by atoms with Crippen LogP contribution in [-0.2, 0) is 0 Å². The number of nitrogens with zero attached hydrogens (tertiary/aromatic N) is 3. The molecule has 14 heavy (non-hydrogen) atoms. The molecule has 1 N–H and O–H groups in total. The van der Waals surface area contributed by atoms with E-state index < -0.39 is 10.5 Å². The van der Waals surface area contributed by atoms with Crippen LogP contribution in [0.1, 0.15) is 13.8 Å². The van der Waals surface area contributed by atoms with Crippen LogP contribution in [-0.4, -0.2) is 45.8 Å². The van der Waals surface area contributed by atoms with Gasteiger partial charge in [0.2, 0.25) is 0 Å². The standard InChI is InChI=1S/C8H15N3O3/c1-8(2,12)6-10-5-7(11(13)14)4-9(10)3/h5,12H,4,6H2,1-3H3. The lowest BCUT2D eigenvalue weighted by atomic mass is 10.1. The number of hydrazine groups is 1. The van der Waals surface area contributed by atoms with Gasteiger partial charge in [0.05, 0.1) is 23.3 Å². The van der Waals surface area contributed by atoms with Crippen molar-refractivity contribution >= 4 is 0 Å². The number of rotatable bonds is 3. The molecular weight excluding hydrogens is 186 g/mol. The third kappa shape index (κ3) is 2.68. The molecule has 0 aromatic rings. The third-order valence-corrected chi connectivity index (χ3v) is 1.91. The summed E-state index contributed by atoms with van der Waals surface area (Å²) in [6.45, 7) is 3.96. The van der Waals surface area contributed by atoms with Crippen molar-refractivity contribution in [1.82, 2.24) is 10.0 Å². The molecule has 1 heterocycles. The fourth-order valence-corrected chi connectivity index (χ4v) is 1.30. The van der Waals surface area contributed by atoms with E-state index in [1.807, 2.05) is 0 Å². The first kappa shape index (κ1) is 10.9. The van der Waals surface area contributed by atoms with Crippen LogP contribution in [0, 0.1) is 10.1 Å². The first-order valence-corrected chi connectivity index (χ1v) is 4.35. The second-order valence-corrected chi connectivity index (χ2v) is 4.10. The Labute approximate surface area is 82.5 Å². The SMILES string of the molecule is CN1CC([N+](=O)[O-])=CN1CC(C)(C)O. The fraction of sp³-hybridized carbons (Fsp3) is 0.750. The molecule has 0 aromatic carbocycles. The van der Waals surface area contributed by atoms with Gasteiger partial charge in [-0.15, -0.1) is 0 Å². The number of hydrogen-bond donors (Lipinski definition) is 1. The summed E-state index contributed by atoms with van der Waals surface area (Å²) in [4.78, 5) is 10.1. The number of likely N-dealkylation sites (N-methyl/N-ethyl adjacent to an activating group) is 1. The van der Waals surface area contributed by atoms with E-state index in [9.17, 15) is 15.2 Å². The highest BCUT2D eigenvalue weighted by Crippen LogP contribution is 2.16. The van der Waals surface area contributed by atoms with Gasteiger partial charge in [-0.1, -0.05) is 0 Å². The van der Waals surface area contributed by atoms with Crippen LogP contribution in [0.5, 0.6) is 0 Å². The summed E-state index contributed by atoms with van der Waals surface area (Å²) in [5.41, 5.74) is -0.715. The van der Waals surface area contributed by atoms with Crippen LogP contribution >= 0.6 is 0 Å². The average molecular weight is 201 g/mol. The monoisotopic (exact) mass is 201 g/mol. The van der Waals surface area contributed by atoms with E-state index in [0.29, 0.717) is 6.54 Å². The molecule has 0 radical (unpaired) electrons. The molecule has 0 bridgehead atoms. The zero-order valence-corrected chi connectivity index (χ0v) is 8.60. The molecule has 0 aliphatic carbocycles. The smallest absolute Gasteiger partial charge is 0.279 e. The van der Waals surface area contributed by atoms with Crippen molar-refractivity contribution in [2.45, 2.75) is 19.4 Å². The van der Waals surface area contributed by atoms with Crippen molar-refractivity contribution in [2.24, 2.45) is 0 Å². The number of β-amino-alcohol motifs (C(OH)–C–C–N with tert-alkyl or cyclic N) is 1. The normalized spacial score (nSPS) is 18.6. The van der Waals surface area contributed by atoms with Crippen molar-refractivity contribution in [3.63, 3.8) is 0 Å². The van der Waals surface area contributed by atoms with Gasteiger partial charge in [0.25, 0.3) is 5.70 Å². The quantitative estimate of drug-likeness (QED) is 0.515. The largest absolute Gasteiger partial charge is 0.389 e. The molecule has 0 fully saturated rings. The summed E-state index contributed by atoms with van der Waals surface area (Å²) in [6.07, 6.45) is 1.46. The molecule has 1 aliphatic rings. The summed E-state index contributed by atoms with van der Waals surface area (Å²) in [6, 6.07) is 0. The Kier molecular flexibility index (Phi) is 2.77. The van der Waals surface area contributed by atoms with Crippen LogP contribution in [0.4, 0.5) is 0 Å². The van der Waals surface area contributed by atoms with Crippen LogP contribution in [0.25, 0.3) is 0 Å². The fourth-order valence-electron chi connectivity index (χ4n) is 1.30. The van der Waals surface area contributed by atoms with Gasteiger partial charge in [-0.3, -0.25) is 10.1 Å². The minimum Gasteiger partial charge on any atom is -0.389 e. The van der Waals surface area contributed by atoms with Gasteiger partial charge in [-0.05, 0) is 13.8 Å². The molecule has 6 heteroatoms. The minimum absolute atomic E-state index is 0.150. The molecule has 0 spiro atoms. The van der Waals surface area contributed by atoms with Crippen LogP contribution in [0.15, 0.2) is 11.9 Å². The third-order valence-electron chi connectivity index (χ3n) is 1.91. The van der Waals surface area contributed by atoms with E-state index in [0.717, 1.165) is 0 Å². The molecule has 0 aromatic heterocycles. The van der Waals surface area contributed by atoms with Crippen molar-refractivity contribution < 1.29 is 10.0 Å². The Hall–Kier alpha value is -1.14. The van der Waals surface area contributed by atoms with E-state index in [2.05, 4.69) is 0 Å². The van der Waals surface area contributed by atoms with E-state index in [-0.39, 0.29) is 12.2 Å². The lowest BCUT2D eigenvalue weighted by molar-refractivity contribution is -0.426. The van der Waals surface area contributed by atoms with Crippen molar-refractivity contribution in [3.8, 4) is 0 Å². The topological polar surface area (TPSA) is 69.8 Å². The van der Waals surface area contributed by atoms with Crippen LogP contribution in [0.3, 0.4) is 0 Å². The van der Waals surface area contributed by atoms with Crippen LogP contribution < -0.4 is 0 Å². The molecule has 1 aliphatic heterocycles. The highest BCUT2D eigenvalue weighted by atomic mass is 16.6. The molecule has 1 rings (SSSR count). The van der Waals surface area contributed by atoms with Crippen molar-refractivity contribution in [2.75, 3.05) is 20.1 Å². The Morgan fingerprint density at radius 1 is 1.71 bits per heavy atom. The average Bonchev–Trinajstić information content (AvgIpc) is 2.29. The Morgan fingerprint density at radius 3 is 2.64 bits per heavy atom. The molecule has 0 saturated carbocycles. The Morgan fingerprint density at radius 2 is 2.29 bits per heavy atom. The first-order chi connectivity index (χ1) is 6.29. The second-order valence-electron chi connectivity index (χ2n) is 4.10. The maximum atomic E-state index is 10.5. The van der Waals surface area contributed by atoms with E-state index in [1.165, 1.54) is 6.20 Å². The molecule has 0 unspecified atom stereocenters. The summed E-state index contributed by atoms with van der Waals surface area (Å²) >= 11 is 0. The van der Waals surface area contributed by atoms with Gasteiger partial charge < -0.3 is 10.1 Å². The van der Waals surface area contributed by atoms with Crippen molar-refractivity contribution in [3.05, 3.63) is 22.0 Å². The first-order valence-electron chi connectivity index (χ1n) is 4.35. The van der Waals surface area contributed by atoms with Gasteiger partial charge in [0.1, 0.15) is 6.54 Å². The minimum atomic E-state index is -0.864. The molecule has 6 nitrogen and oxygen atoms in total. The number of aliphatic hydroxyl groups is 1. The van der Waals surface area contributed by atoms with Gasteiger partial charge in [0.15, 0.2) is 0 Å². The molecule has 80 valence electrons. The number of nitro groups is 1. The van der Waals surface area contributed by atoms with E-state index in [1.54, 1.807) is 30.9 Å². The lowest BCUT2D eigenvalue weighted by Gasteiger charge is -2.29. The molecule has 0 saturated heterocycles. The molecular formula is C8H15N3O3. The van der Waals surface area contributed by atoms with Gasteiger partial charge in [0, 0.05) is 7.05 Å². The molecule has 0 amide bonds. The maximum Gasteiger partial charge on any atom is 0.279 e. The second kappa shape index (κ2) is 3.55. The molecule has 0 atom stereocenters. The van der Waals surface area contributed by atoms with Gasteiger partial charge in [-0.25, -0.2) is 5.01 Å². The summed E-state index contributed by atoms with van der Waals surface area (Å²) < 4.78 is 0. The van der Waals surface area contributed by atoms with E-state index >= 15 is 0 Å². The van der Waals surface area contributed by atoms with E-state index in [4.69, 9.17) is 0 Å². The highest BCUT2D eigenvalue weighted by Gasteiger charge is 2.29. The highest BCUT2D eigenvalue weighted by molar-refractivity contribution is 5.00. The zero-order valence-electron chi connectivity index (χ0n) is 8.60. The Bertz CT molecular complexity index is 269. The summed E-state index contributed by atoms with van der Waals surface area (Å²) in [7, 11) is 1.75. The zero-order chi connectivity index (χ0) is 10.9. The summed E-state index contributed by atoms with van der Waals surface area (Å²) in [5.74, 6) is 0. The Balaban J connectivity index is 2.67. The predicted octanol–water partition coefficient (Wildman–Crippen LogP) is 0.0378. The predicted molar refractivity (Wildman–Crippen MR) is 50.7 cm³/mol. The van der Waals surface area contributed by atoms with Crippen molar-refractivity contribution in [1.29, 1.82) is 0 Å². The van der Waals surface area contributed by atoms with Gasteiger partial charge >= 0.3 is 0 Å².